The molecule has 0 saturated heterocycles. The highest BCUT2D eigenvalue weighted by Gasteiger charge is 2.21. The van der Waals surface area contributed by atoms with Crippen LogP contribution < -0.4 is 10.8 Å². The summed E-state index contributed by atoms with van der Waals surface area (Å²) in [6.45, 7) is 3.93. The Morgan fingerprint density at radius 3 is 2.72 bits per heavy atom. The highest BCUT2D eigenvalue weighted by atomic mass is 16.5. The molecule has 0 amide bonds. The van der Waals surface area contributed by atoms with Crippen LogP contribution in [0.2, 0.25) is 0 Å². The summed E-state index contributed by atoms with van der Waals surface area (Å²) in [6.07, 6.45) is 1.94. The number of rotatable bonds is 0. The van der Waals surface area contributed by atoms with E-state index in [9.17, 15) is 9.90 Å². The first-order valence-corrected chi connectivity index (χ1v) is 5.88. The summed E-state index contributed by atoms with van der Waals surface area (Å²) < 4.78 is 4.88. The first kappa shape index (κ1) is 9.71. The van der Waals surface area contributed by atoms with Crippen molar-refractivity contribution in [3.8, 4) is 5.95 Å². The molecule has 3 nitrogen and oxygen atoms in total. The van der Waals surface area contributed by atoms with Gasteiger partial charge in [0.15, 0.2) is 0 Å². The summed E-state index contributed by atoms with van der Waals surface area (Å²) in [5, 5.41) is 13.5. The van der Waals surface area contributed by atoms with Crippen molar-refractivity contribution in [2.45, 2.75) is 12.8 Å². The monoisotopic (exact) mass is 238 g/mol. The van der Waals surface area contributed by atoms with Crippen molar-refractivity contribution in [3.05, 3.63) is 45.0 Å². The maximum Gasteiger partial charge on any atom is 0.347 e. The Bertz CT molecular complexity index is 919. The van der Waals surface area contributed by atoms with Crippen LogP contribution in [0.25, 0.3) is 28.1 Å². The maximum atomic E-state index is 11.9. The van der Waals surface area contributed by atoms with Crippen LogP contribution in [0, 0.1) is 0 Å². The lowest BCUT2D eigenvalue weighted by atomic mass is 9.98. The molecule has 18 heavy (non-hydrogen) atoms. The molecule has 0 radical (unpaired) electrons. The molecule has 0 unspecified atom stereocenters. The van der Waals surface area contributed by atoms with Gasteiger partial charge in [0.25, 0.3) is 5.95 Å². The van der Waals surface area contributed by atoms with Crippen LogP contribution >= 0.6 is 0 Å². The van der Waals surface area contributed by atoms with Crippen molar-refractivity contribution in [1.29, 1.82) is 0 Å². The second-order valence-corrected chi connectivity index (χ2v) is 4.79. The fourth-order valence-electron chi connectivity index (χ4n) is 3.07. The van der Waals surface area contributed by atoms with Crippen LogP contribution in [-0.2, 0) is 12.8 Å². The molecule has 1 aliphatic rings. The molecular weight excluding hydrogens is 228 g/mol. The molecule has 0 saturated carbocycles. The molecule has 88 valence electrons. The second-order valence-electron chi connectivity index (χ2n) is 4.79. The van der Waals surface area contributed by atoms with E-state index in [0.29, 0.717) is 16.0 Å². The van der Waals surface area contributed by atoms with E-state index in [1.807, 2.05) is 18.2 Å². The minimum atomic E-state index is -0.513. The van der Waals surface area contributed by atoms with Gasteiger partial charge in [0.05, 0.1) is 10.8 Å². The minimum Gasteiger partial charge on any atom is -0.480 e. The topological polar surface area (TPSA) is 50.4 Å². The molecule has 1 heterocycles. The van der Waals surface area contributed by atoms with Gasteiger partial charge in [0.2, 0.25) is 0 Å². The fourth-order valence-corrected chi connectivity index (χ4v) is 3.07. The van der Waals surface area contributed by atoms with E-state index in [1.165, 1.54) is 11.1 Å². The lowest BCUT2D eigenvalue weighted by Crippen LogP contribution is -2.12. The van der Waals surface area contributed by atoms with Crippen molar-refractivity contribution in [2.75, 3.05) is 0 Å². The van der Waals surface area contributed by atoms with E-state index in [0.717, 1.165) is 23.6 Å². The van der Waals surface area contributed by atoms with E-state index in [4.69, 9.17) is 4.42 Å². The molecule has 0 fully saturated rings. The largest absolute Gasteiger partial charge is 0.480 e. The van der Waals surface area contributed by atoms with Gasteiger partial charge < -0.3 is 9.52 Å². The van der Waals surface area contributed by atoms with Gasteiger partial charge in [0, 0.05) is 5.39 Å². The van der Waals surface area contributed by atoms with E-state index in [-0.39, 0.29) is 5.95 Å². The molecule has 1 aliphatic carbocycles. The highest BCUT2D eigenvalue weighted by Crippen LogP contribution is 2.37. The lowest BCUT2D eigenvalue weighted by molar-refractivity contribution is 0.319. The molecule has 0 aliphatic heterocycles. The third-order valence-corrected chi connectivity index (χ3v) is 3.82. The van der Waals surface area contributed by atoms with Gasteiger partial charge in [-0.3, -0.25) is 0 Å². The van der Waals surface area contributed by atoms with Gasteiger partial charge in [-0.05, 0) is 40.6 Å². The Labute approximate surface area is 102 Å². The number of benzene rings is 2. The van der Waals surface area contributed by atoms with E-state index in [2.05, 4.69) is 6.58 Å². The van der Waals surface area contributed by atoms with E-state index >= 15 is 0 Å². The number of aromatic hydroxyl groups is 1. The third kappa shape index (κ3) is 0.973. The van der Waals surface area contributed by atoms with Gasteiger partial charge in [0.1, 0.15) is 0 Å². The molecule has 1 aromatic heterocycles. The Morgan fingerprint density at radius 2 is 1.89 bits per heavy atom. The molecule has 1 N–H and O–H groups in total. The van der Waals surface area contributed by atoms with Crippen LogP contribution in [0.15, 0.2) is 27.4 Å². The summed E-state index contributed by atoms with van der Waals surface area (Å²) in [6, 6.07) is 5.77. The van der Waals surface area contributed by atoms with Crippen molar-refractivity contribution in [2.24, 2.45) is 0 Å². The van der Waals surface area contributed by atoms with Crippen molar-refractivity contribution >= 4 is 28.1 Å². The summed E-state index contributed by atoms with van der Waals surface area (Å²) in [5.41, 5.74) is 1.92. The van der Waals surface area contributed by atoms with Gasteiger partial charge in [-0.2, -0.15) is 0 Å². The van der Waals surface area contributed by atoms with Gasteiger partial charge >= 0.3 is 5.63 Å². The smallest absolute Gasteiger partial charge is 0.347 e. The van der Waals surface area contributed by atoms with Crippen LogP contribution in [0.5, 0.6) is 5.95 Å². The highest BCUT2D eigenvalue weighted by molar-refractivity contribution is 6.13. The number of hydrogen-bond acceptors (Lipinski definition) is 3. The molecule has 0 bridgehead atoms. The fraction of sp³-hybridized carbons (Fsp3) is 0.133. The van der Waals surface area contributed by atoms with Crippen LogP contribution in [0.3, 0.4) is 0 Å². The van der Waals surface area contributed by atoms with E-state index in [1.54, 1.807) is 0 Å². The first-order valence-electron chi connectivity index (χ1n) is 5.88. The zero-order valence-electron chi connectivity index (χ0n) is 9.62. The molecule has 0 atom stereocenters. The maximum absolute atomic E-state index is 11.9. The molecule has 3 heteroatoms. The molecule has 2 aromatic carbocycles. The molecule has 0 spiro atoms. The molecular formula is C15H10O3. The van der Waals surface area contributed by atoms with E-state index < -0.39 is 5.63 Å². The zero-order valence-corrected chi connectivity index (χ0v) is 9.62. The predicted octanol–water partition coefficient (Wildman–Crippen LogP) is 1.88. The summed E-state index contributed by atoms with van der Waals surface area (Å²) >= 11 is 0. The predicted molar refractivity (Wildman–Crippen MR) is 69.8 cm³/mol. The SMILES string of the molecule is C=c1cc2c3c(ccc4c(O)oc(=O)c1c43)CC2. The number of hydrogen-bond donors (Lipinski definition) is 1. The van der Waals surface area contributed by atoms with Crippen molar-refractivity contribution in [3.63, 3.8) is 0 Å². The van der Waals surface area contributed by atoms with Crippen LogP contribution in [0.1, 0.15) is 11.1 Å². The second kappa shape index (κ2) is 2.93. The Kier molecular flexibility index (Phi) is 1.58. The summed E-state index contributed by atoms with van der Waals surface area (Å²) in [7, 11) is 0. The van der Waals surface area contributed by atoms with Crippen molar-refractivity contribution < 1.29 is 9.52 Å². The summed E-state index contributed by atoms with van der Waals surface area (Å²) in [4.78, 5) is 11.9. The van der Waals surface area contributed by atoms with Crippen LogP contribution in [0.4, 0.5) is 0 Å². The number of aryl methyl sites for hydroxylation is 2. The minimum absolute atomic E-state index is 0.303. The van der Waals surface area contributed by atoms with Gasteiger partial charge in [-0.15, -0.1) is 0 Å². The van der Waals surface area contributed by atoms with Gasteiger partial charge in [-0.25, -0.2) is 4.79 Å². The third-order valence-electron chi connectivity index (χ3n) is 3.82. The van der Waals surface area contributed by atoms with Crippen molar-refractivity contribution in [1.82, 2.24) is 0 Å². The average Bonchev–Trinajstić information content (AvgIpc) is 2.73. The summed E-state index contributed by atoms with van der Waals surface area (Å²) in [5.74, 6) is -0.303. The molecule has 4 rings (SSSR count). The quantitative estimate of drug-likeness (QED) is 0.650. The Hall–Kier alpha value is -2.29. The Balaban J connectivity index is 2.52. The van der Waals surface area contributed by atoms with Gasteiger partial charge in [-0.1, -0.05) is 18.7 Å². The first-order chi connectivity index (χ1) is 8.66. The van der Waals surface area contributed by atoms with Crippen LogP contribution in [-0.4, -0.2) is 5.11 Å². The standard InChI is InChI=1S/C15H10O3/c1-7-6-9-3-2-8-4-5-10-13(12(8)9)11(7)15(17)18-14(10)16/h4-6,16H,1-3H2. The zero-order chi connectivity index (χ0) is 12.4. The lowest BCUT2D eigenvalue weighted by Gasteiger charge is -2.08. The average molecular weight is 238 g/mol. The molecule has 3 aromatic rings. The Morgan fingerprint density at radius 1 is 1.11 bits per heavy atom. The normalized spacial score (nSPS) is 13.8.